The number of carbonyl (C=O) groups is 1. The number of hydrogen-bond acceptors (Lipinski definition) is 4. The molecule has 2 bridgehead atoms. The maximum atomic E-state index is 12.6. The minimum Gasteiger partial charge on any atom is -0.366 e. The Morgan fingerprint density at radius 2 is 1.86 bits per heavy atom. The van der Waals surface area contributed by atoms with E-state index in [-0.39, 0.29) is 16.5 Å². The molecule has 2 unspecified atom stereocenters. The normalized spacial score (nSPS) is 27.8. The van der Waals surface area contributed by atoms with Gasteiger partial charge in [-0.05, 0) is 43.9 Å². The minimum absolute atomic E-state index is 0.0570. The molecule has 22 heavy (non-hydrogen) atoms. The van der Waals surface area contributed by atoms with Crippen molar-refractivity contribution in [2.45, 2.75) is 48.7 Å². The van der Waals surface area contributed by atoms with E-state index in [9.17, 15) is 13.2 Å². The number of fused-ring (bicyclic) bond motifs is 2. The van der Waals surface area contributed by atoms with Crippen molar-refractivity contribution in [2.24, 2.45) is 5.73 Å². The van der Waals surface area contributed by atoms with Crippen LogP contribution in [-0.4, -0.2) is 32.5 Å². The number of halogens is 1. The minimum atomic E-state index is -3.67. The van der Waals surface area contributed by atoms with E-state index in [1.807, 2.05) is 0 Å². The van der Waals surface area contributed by atoms with Gasteiger partial charge in [0.15, 0.2) is 0 Å². The molecule has 8 heteroatoms. The van der Waals surface area contributed by atoms with Crippen LogP contribution in [0.4, 0.5) is 0 Å². The fraction of sp³-hybridized carbons (Fsp3) is 0.500. The Hall–Kier alpha value is -0.960. The first-order valence-electron chi connectivity index (χ1n) is 7.22. The lowest BCUT2D eigenvalue weighted by Crippen LogP contribution is -2.47. The largest absolute Gasteiger partial charge is 0.366 e. The molecule has 0 saturated carbocycles. The molecule has 120 valence electrons. The molecular formula is C14H18BrN3O3S. The maximum absolute atomic E-state index is 12.6. The van der Waals surface area contributed by atoms with Gasteiger partial charge in [-0.2, -0.15) is 0 Å². The molecule has 2 heterocycles. The molecule has 0 radical (unpaired) electrons. The molecule has 3 rings (SSSR count). The van der Waals surface area contributed by atoms with Gasteiger partial charge in [-0.25, -0.2) is 13.1 Å². The van der Waals surface area contributed by atoms with Crippen LogP contribution in [0.15, 0.2) is 27.6 Å². The highest BCUT2D eigenvalue weighted by atomic mass is 79.9. The van der Waals surface area contributed by atoms with Gasteiger partial charge in [0.2, 0.25) is 15.9 Å². The van der Waals surface area contributed by atoms with Crippen LogP contribution in [0.2, 0.25) is 0 Å². The quantitative estimate of drug-likeness (QED) is 0.719. The summed E-state index contributed by atoms with van der Waals surface area (Å²) in [5.41, 5.74) is 5.41. The molecule has 0 aromatic heterocycles. The Bertz CT molecular complexity index is 695. The van der Waals surface area contributed by atoms with E-state index in [0.29, 0.717) is 16.6 Å². The highest BCUT2D eigenvalue weighted by Crippen LogP contribution is 2.28. The van der Waals surface area contributed by atoms with Gasteiger partial charge in [0, 0.05) is 28.2 Å². The first-order valence-corrected chi connectivity index (χ1v) is 9.50. The molecule has 6 nitrogen and oxygen atoms in total. The molecular weight excluding hydrogens is 370 g/mol. The molecule has 2 fully saturated rings. The molecule has 0 aliphatic carbocycles. The summed E-state index contributed by atoms with van der Waals surface area (Å²) in [6, 6.07) is 5.02. The fourth-order valence-corrected chi connectivity index (χ4v) is 5.28. The third kappa shape index (κ3) is 3.34. The molecule has 1 amide bonds. The first kappa shape index (κ1) is 15.9. The molecule has 2 aliphatic rings. The van der Waals surface area contributed by atoms with Crippen LogP contribution in [0.5, 0.6) is 0 Å². The van der Waals surface area contributed by atoms with Crippen molar-refractivity contribution in [3.63, 3.8) is 0 Å². The van der Waals surface area contributed by atoms with Crippen molar-refractivity contribution in [3.05, 3.63) is 28.2 Å². The molecule has 2 atom stereocenters. The van der Waals surface area contributed by atoms with Crippen LogP contribution in [0.25, 0.3) is 0 Å². The fourth-order valence-electron chi connectivity index (χ4n) is 3.30. The van der Waals surface area contributed by atoms with Crippen LogP contribution in [-0.2, 0) is 10.0 Å². The number of carbonyl (C=O) groups excluding carboxylic acids is 1. The smallest absolute Gasteiger partial charge is 0.248 e. The van der Waals surface area contributed by atoms with Crippen LogP contribution in [0.3, 0.4) is 0 Å². The number of primary amides is 1. The first-order chi connectivity index (χ1) is 10.3. The van der Waals surface area contributed by atoms with Gasteiger partial charge in [0.25, 0.3) is 0 Å². The van der Waals surface area contributed by atoms with E-state index < -0.39 is 15.9 Å². The zero-order valence-electron chi connectivity index (χ0n) is 11.9. The zero-order valence-corrected chi connectivity index (χ0v) is 14.3. The van der Waals surface area contributed by atoms with Crippen LogP contribution >= 0.6 is 15.9 Å². The van der Waals surface area contributed by atoms with Crippen molar-refractivity contribution in [1.82, 2.24) is 10.0 Å². The second-order valence-corrected chi connectivity index (χ2v) is 8.60. The van der Waals surface area contributed by atoms with Crippen LogP contribution in [0, 0.1) is 0 Å². The standard InChI is InChI=1S/C14H18BrN3O3S/c15-9-3-8(14(16)19)4-13(5-9)22(20,21)18-12-6-10-1-2-11(7-12)17-10/h3-5,10-12,17-18H,1-2,6-7H2,(H2,16,19). The lowest BCUT2D eigenvalue weighted by atomic mass is 10.0. The van der Waals surface area contributed by atoms with Gasteiger partial charge in [-0.3, -0.25) is 4.79 Å². The topological polar surface area (TPSA) is 101 Å². The number of rotatable bonds is 4. The van der Waals surface area contributed by atoms with Crippen molar-refractivity contribution < 1.29 is 13.2 Å². The lowest BCUT2D eigenvalue weighted by Gasteiger charge is -2.29. The summed E-state index contributed by atoms with van der Waals surface area (Å²) in [5.74, 6) is -0.655. The Balaban J connectivity index is 1.82. The van der Waals surface area contributed by atoms with E-state index >= 15 is 0 Å². The van der Waals surface area contributed by atoms with Crippen LogP contribution < -0.4 is 15.8 Å². The number of benzene rings is 1. The summed E-state index contributed by atoms with van der Waals surface area (Å²) in [4.78, 5) is 11.4. The van der Waals surface area contributed by atoms with Crippen molar-refractivity contribution >= 4 is 31.9 Å². The summed E-state index contributed by atoms with van der Waals surface area (Å²) < 4.78 is 28.4. The third-order valence-electron chi connectivity index (χ3n) is 4.26. The number of nitrogens with one attached hydrogen (secondary N) is 2. The Kier molecular flexibility index (Phi) is 4.28. The molecule has 2 saturated heterocycles. The van der Waals surface area contributed by atoms with E-state index in [1.165, 1.54) is 18.2 Å². The van der Waals surface area contributed by atoms with E-state index in [4.69, 9.17) is 5.73 Å². The molecule has 1 aromatic rings. The average Bonchev–Trinajstić information content (AvgIpc) is 2.76. The van der Waals surface area contributed by atoms with E-state index in [2.05, 4.69) is 26.0 Å². The zero-order chi connectivity index (χ0) is 15.9. The predicted octanol–water partition coefficient (Wildman–Crippen LogP) is 1.11. The van der Waals surface area contributed by atoms with Gasteiger partial charge < -0.3 is 11.1 Å². The van der Waals surface area contributed by atoms with Crippen LogP contribution in [0.1, 0.15) is 36.0 Å². The summed E-state index contributed by atoms with van der Waals surface area (Å²) in [5, 5.41) is 3.48. The molecule has 1 aromatic carbocycles. The number of sulfonamides is 1. The summed E-state index contributed by atoms with van der Waals surface area (Å²) in [6.07, 6.45) is 3.80. The summed E-state index contributed by atoms with van der Waals surface area (Å²) in [6.45, 7) is 0. The van der Waals surface area contributed by atoms with Crippen molar-refractivity contribution in [2.75, 3.05) is 0 Å². The second kappa shape index (κ2) is 5.92. The SMILES string of the molecule is NC(=O)c1cc(Br)cc(S(=O)(=O)NC2CC3CCC(C2)N3)c1. The molecule has 2 aliphatic heterocycles. The number of hydrogen-bond donors (Lipinski definition) is 3. The summed E-state index contributed by atoms with van der Waals surface area (Å²) >= 11 is 3.22. The Morgan fingerprint density at radius 3 is 2.45 bits per heavy atom. The van der Waals surface area contributed by atoms with Crippen molar-refractivity contribution in [1.29, 1.82) is 0 Å². The number of piperidine rings is 1. The van der Waals surface area contributed by atoms with Gasteiger partial charge in [0.1, 0.15) is 0 Å². The van der Waals surface area contributed by atoms with Crippen molar-refractivity contribution in [3.8, 4) is 0 Å². The average molecular weight is 388 g/mol. The third-order valence-corrected chi connectivity index (χ3v) is 6.22. The maximum Gasteiger partial charge on any atom is 0.248 e. The highest BCUT2D eigenvalue weighted by Gasteiger charge is 2.35. The number of nitrogens with two attached hydrogens (primary N) is 1. The van der Waals surface area contributed by atoms with Gasteiger partial charge >= 0.3 is 0 Å². The monoisotopic (exact) mass is 387 g/mol. The Morgan fingerprint density at radius 1 is 1.23 bits per heavy atom. The highest BCUT2D eigenvalue weighted by molar-refractivity contribution is 9.10. The van der Waals surface area contributed by atoms with E-state index in [0.717, 1.165) is 25.7 Å². The lowest BCUT2D eigenvalue weighted by molar-refractivity contribution is 0.1000. The molecule has 4 N–H and O–H groups in total. The van der Waals surface area contributed by atoms with E-state index in [1.54, 1.807) is 0 Å². The van der Waals surface area contributed by atoms with Gasteiger partial charge in [0.05, 0.1) is 4.90 Å². The van der Waals surface area contributed by atoms with Gasteiger partial charge in [-0.1, -0.05) is 15.9 Å². The summed E-state index contributed by atoms with van der Waals surface area (Å²) in [7, 11) is -3.67. The molecule has 0 spiro atoms. The number of amides is 1. The second-order valence-electron chi connectivity index (χ2n) is 5.97. The Labute approximate surface area is 138 Å². The van der Waals surface area contributed by atoms with Gasteiger partial charge in [-0.15, -0.1) is 0 Å². The predicted molar refractivity (Wildman–Crippen MR) is 85.9 cm³/mol.